The molecule has 1 atom stereocenters. The smallest absolute Gasteiger partial charge is 0.300 e. The third-order valence-corrected chi connectivity index (χ3v) is 5.77. The summed E-state index contributed by atoms with van der Waals surface area (Å²) in [6, 6.07) is 18.6. The lowest BCUT2D eigenvalue weighted by Gasteiger charge is -2.26. The minimum Gasteiger partial charge on any atom is -0.507 e. The Labute approximate surface area is 203 Å². The van der Waals surface area contributed by atoms with Gasteiger partial charge < -0.3 is 14.7 Å². The number of anilines is 2. The van der Waals surface area contributed by atoms with Gasteiger partial charge >= 0.3 is 0 Å². The molecule has 1 fully saturated rings. The van der Waals surface area contributed by atoms with Crippen LogP contribution in [-0.4, -0.2) is 37.0 Å². The number of benzene rings is 3. The Hall–Kier alpha value is -4.13. The summed E-state index contributed by atoms with van der Waals surface area (Å²) in [5.74, 6) is -1.74. The number of ketones is 1. The zero-order valence-corrected chi connectivity index (χ0v) is 20.0. The maximum absolute atomic E-state index is 13.5. The molecule has 4 rings (SSSR count). The van der Waals surface area contributed by atoms with Crippen LogP contribution in [0.5, 0.6) is 5.75 Å². The van der Waals surface area contributed by atoms with Gasteiger partial charge in [-0.3, -0.25) is 14.5 Å². The van der Waals surface area contributed by atoms with E-state index in [0.717, 1.165) is 5.69 Å². The molecule has 1 unspecified atom stereocenters. The lowest BCUT2D eigenvalue weighted by Crippen LogP contribution is -2.29. The van der Waals surface area contributed by atoms with Crippen LogP contribution in [0.4, 0.5) is 15.8 Å². The van der Waals surface area contributed by atoms with Crippen molar-refractivity contribution in [3.8, 4) is 5.75 Å². The summed E-state index contributed by atoms with van der Waals surface area (Å²) in [7, 11) is 3.81. The first kappa shape index (κ1) is 24.0. The highest BCUT2D eigenvalue weighted by molar-refractivity contribution is 6.51. The standard InChI is InChI=1S/C28H27FN2O4/c1-17(2)35-23-15-7-18(8-16-23)25-24(26(32)19-5-9-20(29)10-6-19)27(33)28(34)31(25)22-13-11-21(12-14-22)30(3)4/h5-17,25,32H,1-4H3/b26-24+. The highest BCUT2D eigenvalue weighted by Crippen LogP contribution is 2.42. The van der Waals surface area contributed by atoms with Gasteiger partial charge in [0.2, 0.25) is 0 Å². The topological polar surface area (TPSA) is 70.1 Å². The Morgan fingerprint density at radius 1 is 0.943 bits per heavy atom. The molecule has 7 heteroatoms. The van der Waals surface area contributed by atoms with Gasteiger partial charge in [-0.25, -0.2) is 4.39 Å². The zero-order chi connectivity index (χ0) is 25.3. The van der Waals surface area contributed by atoms with E-state index in [1.165, 1.54) is 29.2 Å². The number of rotatable bonds is 6. The first-order chi connectivity index (χ1) is 16.7. The Balaban J connectivity index is 1.86. The predicted octanol–water partition coefficient (Wildman–Crippen LogP) is 5.31. The number of ether oxygens (including phenoxy) is 1. The number of hydrogen-bond acceptors (Lipinski definition) is 5. The minimum absolute atomic E-state index is 0.0137. The van der Waals surface area contributed by atoms with Gasteiger partial charge in [0.15, 0.2) is 0 Å². The highest BCUT2D eigenvalue weighted by atomic mass is 19.1. The second kappa shape index (κ2) is 9.62. The van der Waals surface area contributed by atoms with Crippen LogP contribution < -0.4 is 14.5 Å². The van der Waals surface area contributed by atoms with Crippen molar-refractivity contribution in [2.24, 2.45) is 0 Å². The van der Waals surface area contributed by atoms with Crippen molar-refractivity contribution in [2.45, 2.75) is 26.0 Å². The average Bonchev–Trinajstić information content (AvgIpc) is 3.09. The summed E-state index contributed by atoms with van der Waals surface area (Å²) < 4.78 is 19.2. The third-order valence-electron chi connectivity index (χ3n) is 5.77. The molecule has 1 aliphatic rings. The van der Waals surface area contributed by atoms with E-state index in [0.29, 0.717) is 17.0 Å². The molecular weight excluding hydrogens is 447 g/mol. The summed E-state index contributed by atoms with van der Waals surface area (Å²) in [4.78, 5) is 29.8. The normalized spacial score (nSPS) is 17.2. The lowest BCUT2D eigenvalue weighted by atomic mass is 9.95. The Kier molecular flexibility index (Phi) is 6.60. The van der Waals surface area contributed by atoms with Crippen LogP contribution in [-0.2, 0) is 9.59 Å². The van der Waals surface area contributed by atoms with Crippen molar-refractivity contribution in [3.05, 3.63) is 95.3 Å². The molecule has 3 aromatic carbocycles. The van der Waals surface area contributed by atoms with E-state index >= 15 is 0 Å². The Morgan fingerprint density at radius 3 is 2.09 bits per heavy atom. The van der Waals surface area contributed by atoms with Crippen LogP contribution in [0.2, 0.25) is 0 Å². The summed E-state index contributed by atoms with van der Waals surface area (Å²) in [5.41, 5.74) is 2.26. The summed E-state index contributed by atoms with van der Waals surface area (Å²) in [5, 5.41) is 11.1. The number of carbonyl (C=O) groups excluding carboxylic acids is 2. The fourth-order valence-electron chi connectivity index (χ4n) is 4.09. The molecule has 0 spiro atoms. The van der Waals surface area contributed by atoms with Gasteiger partial charge in [0.1, 0.15) is 17.3 Å². The highest BCUT2D eigenvalue weighted by Gasteiger charge is 2.47. The number of aliphatic hydroxyl groups excluding tert-OH is 1. The van der Waals surface area contributed by atoms with E-state index in [-0.39, 0.29) is 23.0 Å². The maximum Gasteiger partial charge on any atom is 0.300 e. The maximum atomic E-state index is 13.5. The van der Waals surface area contributed by atoms with E-state index in [1.807, 2.05) is 45.0 Å². The fourth-order valence-corrected chi connectivity index (χ4v) is 4.09. The molecule has 3 aromatic rings. The molecular formula is C28H27FN2O4. The Bertz CT molecular complexity index is 1260. The van der Waals surface area contributed by atoms with Gasteiger partial charge in [0, 0.05) is 31.0 Å². The molecule has 0 radical (unpaired) electrons. The molecule has 1 heterocycles. The molecule has 35 heavy (non-hydrogen) atoms. The number of hydrogen-bond donors (Lipinski definition) is 1. The van der Waals surface area contributed by atoms with Gasteiger partial charge in [-0.1, -0.05) is 12.1 Å². The summed E-state index contributed by atoms with van der Waals surface area (Å²) in [6.45, 7) is 3.84. The molecule has 6 nitrogen and oxygen atoms in total. The van der Waals surface area contributed by atoms with Crippen LogP contribution in [0.15, 0.2) is 78.4 Å². The number of Topliss-reactive ketones (excluding diaryl/α,β-unsaturated/α-hetero) is 1. The largest absolute Gasteiger partial charge is 0.507 e. The average molecular weight is 475 g/mol. The molecule has 1 amide bonds. The number of carbonyl (C=O) groups is 2. The van der Waals surface area contributed by atoms with Gasteiger partial charge in [0.25, 0.3) is 11.7 Å². The molecule has 0 saturated carbocycles. The minimum atomic E-state index is -0.877. The van der Waals surface area contributed by atoms with E-state index < -0.39 is 23.5 Å². The van der Waals surface area contributed by atoms with Gasteiger partial charge in [-0.2, -0.15) is 0 Å². The molecule has 0 aromatic heterocycles. The van der Waals surface area contributed by atoms with Crippen molar-refractivity contribution in [2.75, 3.05) is 23.9 Å². The quantitative estimate of drug-likeness (QED) is 0.298. The number of nitrogens with zero attached hydrogens (tertiary/aromatic N) is 2. The second-order valence-electron chi connectivity index (χ2n) is 8.82. The fraction of sp³-hybridized carbons (Fsp3) is 0.214. The van der Waals surface area contributed by atoms with Crippen LogP contribution in [0.1, 0.15) is 31.0 Å². The van der Waals surface area contributed by atoms with E-state index in [4.69, 9.17) is 4.74 Å². The summed E-state index contributed by atoms with van der Waals surface area (Å²) >= 11 is 0. The van der Waals surface area contributed by atoms with Gasteiger partial charge in [0.05, 0.1) is 17.7 Å². The predicted molar refractivity (Wildman–Crippen MR) is 134 cm³/mol. The third kappa shape index (κ3) is 4.75. The number of amides is 1. The van der Waals surface area contributed by atoms with Crippen LogP contribution >= 0.6 is 0 Å². The molecule has 1 saturated heterocycles. The van der Waals surface area contributed by atoms with E-state index in [2.05, 4.69) is 0 Å². The van der Waals surface area contributed by atoms with Crippen molar-refractivity contribution >= 4 is 28.8 Å². The zero-order valence-electron chi connectivity index (χ0n) is 20.0. The van der Waals surface area contributed by atoms with Crippen molar-refractivity contribution in [3.63, 3.8) is 0 Å². The van der Waals surface area contributed by atoms with Gasteiger partial charge in [-0.05, 0) is 80.1 Å². The van der Waals surface area contributed by atoms with Crippen molar-refractivity contribution < 1.29 is 23.8 Å². The first-order valence-corrected chi connectivity index (χ1v) is 11.3. The van der Waals surface area contributed by atoms with Crippen LogP contribution in [0.3, 0.4) is 0 Å². The summed E-state index contributed by atoms with van der Waals surface area (Å²) in [6.07, 6.45) is -0.0137. The molecule has 1 N–H and O–H groups in total. The monoisotopic (exact) mass is 474 g/mol. The van der Waals surface area contributed by atoms with Gasteiger partial charge in [-0.15, -0.1) is 0 Å². The molecule has 180 valence electrons. The first-order valence-electron chi connectivity index (χ1n) is 11.3. The van der Waals surface area contributed by atoms with E-state index in [1.54, 1.807) is 36.4 Å². The van der Waals surface area contributed by atoms with Crippen molar-refractivity contribution in [1.29, 1.82) is 0 Å². The Morgan fingerprint density at radius 2 is 1.54 bits per heavy atom. The molecule has 0 bridgehead atoms. The van der Waals surface area contributed by atoms with Crippen LogP contribution in [0.25, 0.3) is 5.76 Å². The molecule has 1 aliphatic heterocycles. The number of halogens is 1. The lowest BCUT2D eigenvalue weighted by molar-refractivity contribution is -0.132. The van der Waals surface area contributed by atoms with E-state index in [9.17, 15) is 19.1 Å². The van der Waals surface area contributed by atoms with Crippen LogP contribution in [0, 0.1) is 5.82 Å². The number of aliphatic hydroxyl groups is 1. The SMILES string of the molecule is CC(C)Oc1ccc(C2/C(=C(\O)c3ccc(F)cc3)C(=O)C(=O)N2c2ccc(N(C)C)cc2)cc1. The molecule has 0 aliphatic carbocycles. The second-order valence-corrected chi connectivity index (χ2v) is 8.82. The van der Waals surface area contributed by atoms with Crippen molar-refractivity contribution in [1.82, 2.24) is 0 Å².